The highest BCUT2D eigenvalue weighted by atomic mass is 79.9. The van der Waals surface area contributed by atoms with Gasteiger partial charge in [-0.3, -0.25) is 4.79 Å². The first kappa shape index (κ1) is 15.8. The predicted octanol–water partition coefficient (Wildman–Crippen LogP) is 2.21. The first-order valence-electron chi connectivity index (χ1n) is 5.74. The number of carboxylic acid groups (broad SMARTS) is 1. The third-order valence-electron chi connectivity index (χ3n) is 3.14. The monoisotopic (exact) mass is 331 g/mol. The van der Waals surface area contributed by atoms with E-state index in [1.54, 1.807) is 0 Å². The summed E-state index contributed by atoms with van der Waals surface area (Å²) in [4.78, 5) is 11.4. The minimum Gasteiger partial charge on any atom is -0.493 e. The molecule has 1 atom stereocenters. The van der Waals surface area contributed by atoms with E-state index < -0.39 is 11.9 Å². The van der Waals surface area contributed by atoms with Crippen molar-refractivity contribution in [1.29, 1.82) is 0 Å². The van der Waals surface area contributed by atoms with Gasteiger partial charge in [-0.05, 0) is 19.4 Å². The summed E-state index contributed by atoms with van der Waals surface area (Å²) in [6.45, 7) is 3.70. The summed E-state index contributed by atoms with van der Waals surface area (Å²) in [5, 5.41) is 9.30. The van der Waals surface area contributed by atoms with Gasteiger partial charge in [0, 0.05) is 22.1 Å². The van der Waals surface area contributed by atoms with Gasteiger partial charge in [0.1, 0.15) is 0 Å². The second kappa shape index (κ2) is 6.25. The summed E-state index contributed by atoms with van der Waals surface area (Å²) >= 11 is 3.46. The Balaban J connectivity index is 3.70. The van der Waals surface area contributed by atoms with E-state index in [-0.39, 0.29) is 6.54 Å². The molecule has 0 spiro atoms. The highest BCUT2D eigenvalue weighted by Crippen LogP contribution is 2.44. The molecule has 5 nitrogen and oxygen atoms in total. The fraction of sp³-hybridized carbons (Fsp3) is 0.462. The molecule has 1 rings (SSSR count). The van der Waals surface area contributed by atoms with Gasteiger partial charge in [-0.2, -0.15) is 0 Å². The van der Waals surface area contributed by atoms with Gasteiger partial charge in [0.15, 0.2) is 11.5 Å². The molecule has 0 aliphatic heterocycles. The maximum absolute atomic E-state index is 11.4. The molecule has 1 aromatic carbocycles. The number of rotatable bonds is 5. The minimum absolute atomic E-state index is 0.00874. The summed E-state index contributed by atoms with van der Waals surface area (Å²) in [6.07, 6.45) is 0. The van der Waals surface area contributed by atoms with Gasteiger partial charge in [0.25, 0.3) is 0 Å². The van der Waals surface area contributed by atoms with E-state index in [9.17, 15) is 9.90 Å². The van der Waals surface area contributed by atoms with Crippen LogP contribution < -0.4 is 15.2 Å². The van der Waals surface area contributed by atoms with E-state index in [0.29, 0.717) is 17.1 Å². The zero-order chi connectivity index (χ0) is 14.7. The second-order valence-electron chi connectivity index (χ2n) is 4.17. The van der Waals surface area contributed by atoms with E-state index in [0.717, 1.165) is 15.6 Å². The Hall–Kier alpha value is -1.27. The van der Waals surface area contributed by atoms with Gasteiger partial charge in [-0.25, -0.2) is 0 Å². The van der Waals surface area contributed by atoms with Crippen LogP contribution in [0.25, 0.3) is 0 Å². The molecule has 0 aliphatic carbocycles. The maximum Gasteiger partial charge on any atom is 0.312 e. The van der Waals surface area contributed by atoms with Gasteiger partial charge in [-0.15, -0.1) is 0 Å². The second-order valence-corrected chi connectivity index (χ2v) is 4.96. The number of benzene rings is 1. The van der Waals surface area contributed by atoms with Crippen molar-refractivity contribution >= 4 is 21.9 Å². The number of nitrogens with two attached hydrogens (primary N) is 1. The molecule has 1 unspecified atom stereocenters. The van der Waals surface area contributed by atoms with Crippen molar-refractivity contribution in [3.63, 3.8) is 0 Å². The Morgan fingerprint density at radius 2 is 1.79 bits per heavy atom. The highest BCUT2D eigenvalue weighted by molar-refractivity contribution is 9.10. The van der Waals surface area contributed by atoms with E-state index in [1.807, 2.05) is 13.8 Å². The van der Waals surface area contributed by atoms with Crippen LogP contribution in [-0.4, -0.2) is 31.8 Å². The van der Waals surface area contributed by atoms with Gasteiger partial charge < -0.3 is 20.3 Å². The van der Waals surface area contributed by atoms with Crippen LogP contribution in [-0.2, 0) is 4.79 Å². The number of aliphatic carboxylic acids is 1. The Morgan fingerprint density at radius 1 is 1.26 bits per heavy atom. The molecule has 0 fully saturated rings. The first-order chi connectivity index (χ1) is 8.90. The molecule has 0 saturated carbocycles. The fourth-order valence-electron chi connectivity index (χ4n) is 2.17. The van der Waals surface area contributed by atoms with Crippen LogP contribution in [0.5, 0.6) is 11.5 Å². The highest BCUT2D eigenvalue weighted by Gasteiger charge is 2.29. The topological polar surface area (TPSA) is 81.8 Å². The fourth-order valence-corrected chi connectivity index (χ4v) is 2.57. The number of ether oxygens (including phenoxy) is 2. The van der Waals surface area contributed by atoms with Crippen molar-refractivity contribution < 1.29 is 19.4 Å². The molecule has 0 amide bonds. The van der Waals surface area contributed by atoms with E-state index in [2.05, 4.69) is 15.9 Å². The summed E-state index contributed by atoms with van der Waals surface area (Å²) < 4.78 is 11.5. The zero-order valence-corrected chi connectivity index (χ0v) is 13.0. The SMILES string of the molecule is COc1c(C)c(Br)c(C)c(C(CN)C(=O)O)c1OC. The van der Waals surface area contributed by atoms with Crippen LogP contribution in [0.2, 0.25) is 0 Å². The molecular formula is C13H18BrNO4. The molecule has 6 heteroatoms. The Morgan fingerprint density at radius 3 is 2.16 bits per heavy atom. The minimum atomic E-state index is -0.985. The third kappa shape index (κ3) is 2.69. The lowest BCUT2D eigenvalue weighted by Gasteiger charge is -2.22. The molecule has 19 heavy (non-hydrogen) atoms. The van der Waals surface area contributed by atoms with Crippen LogP contribution in [0.15, 0.2) is 4.47 Å². The van der Waals surface area contributed by atoms with Crippen molar-refractivity contribution in [2.45, 2.75) is 19.8 Å². The molecule has 0 radical (unpaired) electrons. The van der Waals surface area contributed by atoms with E-state index >= 15 is 0 Å². The van der Waals surface area contributed by atoms with Crippen molar-refractivity contribution in [2.75, 3.05) is 20.8 Å². The van der Waals surface area contributed by atoms with Gasteiger partial charge >= 0.3 is 5.97 Å². The molecular weight excluding hydrogens is 314 g/mol. The largest absolute Gasteiger partial charge is 0.493 e. The number of carboxylic acids is 1. The van der Waals surface area contributed by atoms with Crippen LogP contribution >= 0.6 is 15.9 Å². The Kier molecular flexibility index (Phi) is 5.20. The molecule has 0 saturated heterocycles. The van der Waals surface area contributed by atoms with Crippen LogP contribution in [0.3, 0.4) is 0 Å². The maximum atomic E-state index is 11.4. The molecule has 3 N–H and O–H groups in total. The van der Waals surface area contributed by atoms with E-state index in [1.165, 1.54) is 14.2 Å². The van der Waals surface area contributed by atoms with Crippen molar-refractivity contribution in [2.24, 2.45) is 5.73 Å². The van der Waals surface area contributed by atoms with Crippen molar-refractivity contribution in [1.82, 2.24) is 0 Å². The smallest absolute Gasteiger partial charge is 0.312 e. The molecule has 0 aromatic heterocycles. The lowest BCUT2D eigenvalue weighted by Crippen LogP contribution is -2.23. The van der Waals surface area contributed by atoms with E-state index in [4.69, 9.17) is 15.2 Å². The molecule has 106 valence electrons. The van der Waals surface area contributed by atoms with Crippen molar-refractivity contribution in [3.8, 4) is 11.5 Å². The standard InChI is InChI=1S/C13H18BrNO4/c1-6-9(8(5-15)13(16)17)12(19-4)11(18-3)7(2)10(6)14/h8H,5,15H2,1-4H3,(H,16,17). The number of methoxy groups -OCH3 is 2. The van der Waals surface area contributed by atoms with Gasteiger partial charge in [0.2, 0.25) is 0 Å². The lowest BCUT2D eigenvalue weighted by molar-refractivity contribution is -0.138. The lowest BCUT2D eigenvalue weighted by atomic mass is 9.91. The molecule has 0 aliphatic rings. The molecule has 0 heterocycles. The average Bonchev–Trinajstić information content (AvgIpc) is 2.38. The zero-order valence-electron chi connectivity index (χ0n) is 11.4. The van der Waals surface area contributed by atoms with Crippen LogP contribution in [0.1, 0.15) is 22.6 Å². The average molecular weight is 332 g/mol. The van der Waals surface area contributed by atoms with Crippen molar-refractivity contribution in [3.05, 3.63) is 21.2 Å². The quantitative estimate of drug-likeness (QED) is 0.864. The first-order valence-corrected chi connectivity index (χ1v) is 6.53. The number of halogens is 1. The summed E-state index contributed by atoms with van der Waals surface area (Å²) in [5.74, 6) is -0.865. The summed E-state index contributed by atoms with van der Waals surface area (Å²) in [6, 6.07) is 0. The number of carbonyl (C=O) groups is 1. The Bertz CT molecular complexity index is 502. The van der Waals surface area contributed by atoms with Crippen LogP contribution in [0, 0.1) is 13.8 Å². The normalized spacial score (nSPS) is 12.1. The third-order valence-corrected chi connectivity index (χ3v) is 4.33. The predicted molar refractivity (Wildman–Crippen MR) is 76.2 cm³/mol. The Labute approximate surface area is 120 Å². The van der Waals surface area contributed by atoms with Gasteiger partial charge in [-0.1, -0.05) is 15.9 Å². The number of hydrogen-bond donors (Lipinski definition) is 2. The summed E-state index contributed by atoms with van der Waals surface area (Å²) in [5.41, 5.74) is 7.80. The summed E-state index contributed by atoms with van der Waals surface area (Å²) in [7, 11) is 3.01. The van der Waals surface area contributed by atoms with Gasteiger partial charge in [0.05, 0.1) is 20.1 Å². The molecule has 1 aromatic rings. The molecule has 0 bridgehead atoms. The van der Waals surface area contributed by atoms with Crippen LogP contribution in [0.4, 0.5) is 0 Å². The number of hydrogen-bond acceptors (Lipinski definition) is 4.